The third-order valence-corrected chi connectivity index (χ3v) is 5.26. The van der Waals surface area contributed by atoms with Crippen LogP contribution in [-0.2, 0) is 11.8 Å². The number of hydrogen-bond donors (Lipinski definition) is 1. The molecular formula is C17H26N2OS. The maximum atomic E-state index is 5.41. The van der Waals surface area contributed by atoms with E-state index in [2.05, 4.69) is 46.9 Å². The summed E-state index contributed by atoms with van der Waals surface area (Å²) in [4.78, 5) is 6.09. The molecule has 2 aromatic rings. The molecule has 0 spiro atoms. The van der Waals surface area contributed by atoms with Crippen LogP contribution < -0.4 is 5.32 Å². The van der Waals surface area contributed by atoms with E-state index in [1.807, 2.05) is 23.5 Å². The first-order valence-corrected chi connectivity index (χ1v) is 8.35. The van der Waals surface area contributed by atoms with Crippen molar-refractivity contribution in [2.75, 3.05) is 0 Å². The molecule has 0 saturated carbocycles. The van der Waals surface area contributed by atoms with Gasteiger partial charge in [-0.2, -0.15) is 0 Å². The van der Waals surface area contributed by atoms with Gasteiger partial charge < -0.3 is 9.73 Å². The summed E-state index contributed by atoms with van der Waals surface area (Å²) >= 11 is 1.83. The van der Waals surface area contributed by atoms with E-state index in [1.54, 1.807) is 6.26 Å². The van der Waals surface area contributed by atoms with Crippen molar-refractivity contribution in [2.45, 2.75) is 65.5 Å². The molecule has 2 heterocycles. The fourth-order valence-corrected chi connectivity index (χ4v) is 3.56. The Morgan fingerprint density at radius 2 is 2.05 bits per heavy atom. The second-order valence-electron chi connectivity index (χ2n) is 6.79. The van der Waals surface area contributed by atoms with Crippen molar-refractivity contribution in [2.24, 2.45) is 0 Å². The second kappa shape index (κ2) is 6.32. The van der Waals surface area contributed by atoms with Crippen molar-refractivity contribution in [3.05, 3.63) is 39.7 Å². The lowest BCUT2D eigenvalue weighted by molar-refractivity contribution is 0.430. The van der Waals surface area contributed by atoms with E-state index in [4.69, 9.17) is 9.40 Å². The summed E-state index contributed by atoms with van der Waals surface area (Å²) in [6.07, 6.45) is 2.63. The van der Waals surface area contributed by atoms with Crippen LogP contribution in [-0.4, -0.2) is 11.0 Å². The summed E-state index contributed by atoms with van der Waals surface area (Å²) in [5.41, 5.74) is 1.27. The van der Waals surface area contributed by atoms with Crippen LogP contribution in [0, 0.1) is 6.92 Å². The third-order valence-electron chi connectivity index (χ3n) is 3.49. The Bertz CT molecular complexity index is 566. The van der Waals surface area contributed by atoms with Gasteiger partial charge >= 0.3 is 0 Å². The van der Waals surface area contributed by atoms with Crippen LogP contribution >= 0.6 is 11.3 Å². The van der Waals surface area contributed by atoms with Crippen molar-refractivity contribution in [3.8, 4) is 0 Å². The molecule has 0 fully saturated rings. The first-order chi connectivity index (χ1) is 9.77. The molecule has 0 amide bonds. The fraction of sp³-hybridized carbons (Fsp3) is 0.588. The summed E-state index contributed by atoms with van der Waals surface area (Å²) in [7, 11) is 0. The molecule has 0 aliphatic rings. The molecular weight excluding hydrogens is 280 g/mol. The van der Waals surface area contributed by atoms with Gasteiger partial charge in [0.05, 0.1) is 17.0 Å². The van der Waals surface area contributed by atoms with Crippen molar-refractivity contribution in [3.63, 3.8) is 0 Å². The third kappa shape index (κ3) is 4.17. The van der Waals surface area contributed by atoms with Gasteiger partial charge in [0.25, 0.3) is 0 Å². The number of aromatic nitrogens is 1. The topological polar surface area (TPSA) is 38.1 Å². The minimum absolute atomic E-state index is 0.118. The molecule has 0 saturated heterocycles. The molecule has 2 aromatic heterocycles. The van der Waals surface area contributed by atoms with Gasteiger partial charge in [0.1, 0.15) is 5.76 Å². The molecule has 2 rings (SSSR count). The molecule has 21 heavy (non-hydrogen) atoms. The molecule has 0 bridgehead atoms. The van der Waals surface area contributed by atoms with Gasteiger partial charge in [-0.25, -0.2) is 4.98 Å². The summed E-state index contributed by atoms with van der Waals surface area (Å²) in [6.45, 7) is 13.2. The molecule has 2 atom stereocenters. The number of hydrogen-bond acceptors (Lipinski definition) is 4. The van der Waals surface area contributed by atoms with Gasteiger partial charge in [-0.1, -0.05) is 20.8 Å². The van der Waals surface area contributed by atoms with Crippen molar-refractivity contribution < 1.29 is 4.42 Å². The zero-order valence-electron chi connectivity index (χ0n) is 13.9. The van der Waals surface area contributed by atoms with Crippen LogP contribution in [0.5, 0.6) is 0 Å². The fourth-order valence-electron chi connectivity index (χ4n) is 2.42. The minimum atomic E-state index is 0.118. The van der Waals surface area contributed by atoms with Crippen LogP contribution in [0.3, 0.4) is 0 Å². The van der Waals surface area contributed by atoms with Gasteiger partial charge in [0.2, 0.25) is 0 Å². The molecule has 3 nitrogen and oxygen atoms in total. The maximum absolute atomic E-state index is 5.41. The largest absolute Gasteiger partial charge is 0.469 e. The van der Waals surface area contributed by atoms with Crippen LogP contribution in [0.2, 0.25) is 0 Å². The highest BCUT2D eigenvalue weighted by Gasteiger charge is 2.23. The van der Waals surface area contributed by atoms with Crippen molar-refractivity contribution in [1.82, 2.24) is 10.3 Å². The molecule has 0 aliphatic carbocycles. The van der Waals surface area contributed by atoms with Crippen molar-refractivity contribution in [1.29, 1.82) is 0 Å². The first kappa shape index (κ1) is 16.2. The monoisotopic (exact) mass is 306 g/mol. The van der Waals surface area contributed by atoms with Gasteiger partial charge in [-0.15, -0.1) is 11.3 Å². The number of nitrogens with one attached hydrogen (secondary N) is 1. The van der Waals surface area contributed by atoms with E-state index in [1.165, 1.54) is 9.88 Å². The SMILES string of the molecule is Cc1nc(C(C)(C)C)sc1C(C)NC(C)Cc1ccco1. The summed E-state index contributed by atoms with van der Waals surface area (Å²) in [5.74, 6) is 1.03. The zero-order valence-corrected chi connectivity index (χ0v) is 14.7. The van der Waals surface area contributed by atoms with Crippen LogP contribution in [0.4, 0.5) is 0 Å². The Balaban J connectivity index is 2.03. The molecule has 2 unspecified atom stereocenters. The quantitative estimate of drug-likeness (QED) is 0.875. The van der Waals surface area contributed by atoms with E-state index in [9.17, 15) is 0 Å². The second-order valence-corrected chi connectivity index (χ2v) is 7.82. The van der Waals surface area contributed by atoms with Gasteiger partial charge in [0, 0.05) is 28.8 Å². The Labute approximate surface area is 131 Å². The molecule has 0 aromatic carbocycles. The number of aryl methyl sites for hydroxylation is 1. The van der Waals surface area contributed by atoms with Gasteiger partial charge in [-0.05, 0) is 32.9 Å². The molecule has 0 radical (unpaired) electrons. The highest BCUT2D eigenvalue weighted by atomic mass is 32.1. The maximum Gasteiger partial charge on any atom is 0.105 e. The zero-order chi connectivity index (χ0) is 15.6. The smallest absolute Gasteiger partial charge is 0.105 e. The standard InChI is InChI=1S/C17H26N2OS/c1-11(10-14-8-7-9-20-14)18-12(2)15-13(3)19-16(21-15)17(4,5)6/h7-9,11-12,18H,10H2,1-6H3. The van der Waals surface area contributed by atoms with Crippen LogP contribution in [0.25, 0.3) is 0 Å². The predicted octanol–water partition coefficient (Wildman–Crippen LogP) is 4.62. The van der Waals surface area contributed by atoms with Gasteiger partial charge in [0.15, 0.2) is 0 Å². The average molecular weight is 306 g/mol. The van der Waals surface area contributed by atoms with E-state index in [0.29, 0.717) is 12.1 Å². The van der Waals surface area contributed by atoms with E-state index in [0.717, 1.165) is 17.9 Å². The first-order valence-electron chi connectivity index (χ1n) is 7.53. The Hall–Kier alpha value is -1.13. The summed E-state index contributed by atoms with van der Waals surface area (Å²) < 4.78 is 5.41. The average Bonchev–Trinajstić information content (AvgIpc) is 2.97. The summed E-state index contributed by atoms with van der Waals surface area (Å²) in [6, 6.07) is 4.64. The minimum Gasteiger partial charge on any atom is -0.469 e. The Morgan fingerprint density at radius 3 is 2.57 bits per heavy atom. The highest BCUT2D eigenvalue weighted by molar-refractivity contribution is 7.12. The normalized spacial score (nSPS) is 15.1. The number of nitrogens with zero attached hydrogens (tertiary/aromatic N) is 1. The van der Waals surface area contributed by atoms with Gasteiger partial charge in [-0.3, -0.25) is 0 Å². The molecule has 1 N–H and O–H groups in total. The lowest BCUT2D eigenvalue weighted by Gasteiger charge is -2.19. The van der Waals surface area contributed by atoms with E-state index in [-0.39, 0.29) is 5.41 Å². The number of rotatable bonds is 5. The van der Waals surface area contributed by atoms with E-state index >= 15 is 0 Å². The molecule has 0 aliphatic heterocycles. The lowest BCUT2D eigenvalue weighted by Crippen LogP contribution is -2.30. The molecule has 4 heteroatoms. The lowest BCUT2D eigenvalue weighted by atomic mass is 9.98. The molecule has 116 valence electrons. The Morgan fingerprint density at radius 1 is 1.33 bits per heavy atom. The summed E-state index contributed by atoms with van der Waals surface area (Å²) in [5, 5.41) is 4.86. The van der Waals surface area contributed by atoms with Crippen molar-refractivity contribution >= 4 is 11.3 Å². The predicted molar refractivity (Wildman–Crippen MR) is 89.0 cm³/mol. The van der Waals surface area contributed by atoms with Crippen LogP contribution in [0.1, 0.15) is 62.0 Å². The van der Waals surface area contributed by atoms with E-state index < -0.39 is 0 Å². The Kier molecular flexibility index (Phi) is 4.89. The number of thiazole rings is 1. The highest BCUT2D eigenvalue weighted by Crippen LogP contribution is 2.32. The van der Waals surface area contributed by atoms with Crippen LogP contribution in [0.15, 0.2) is 22.8 Å². The number of furan rings is 1.